The van der Waals surface area contributed by atoms with E-state index in [1.54, 1.807) is 11.8 Å². The maximum Gasteiger partial charge on any atom is 0.0927 e. The summed E-state index contributed by atoms with van der Waals surface area (Å²) in [5.41, 5.74) is 5.70. The molecule has 1 atom stereocenters. The first-order valence-electron chi connectivity index (χ1n) is 5.01. The Kier molecular flexibility index (Phi) is 3.26. The number of rotatable bonds is 2. The van der Waals surface area contributed by atoms with Crippen LogP contribution >= 0.6 is 23.4 Å². The van der Waals surface area contributed by atoms with Crippen LogP contribution in [-0.4, -0.2) is 17.4 Å². The van der Waals surface area contributed by atoms with Crippen LogP contribution < -0.4 is 5.73 Å². The van der Waals surface area contributed by atoms with Gasteiger partial charge in [-0.05, 0) is 43.1 Å². The van der Waals surface area contributed by atoms with Crippen molar-refractivity contribution in [3.8, 4) is 0 Å². The Bertz CT molecular complexity index is 372. The second-order valence-corrected chi connectivity index (χ2v) is 5.38. The Hall–Kier alpha value is -0.220. The topological polar surface area (TPSA) is 46.2 Å². The van der Waals surface area contributed by atoms with Crippen molar-refractivity contribution in [1.82, 2.24) is 0 Å². The van der Waals surface area contributed by atoms with E-state index in [1.807, 2.05) is 18.2 Å². The van der Waals surface area contributed by atoms with Crippen molar-refractivity contribution in [2.24, 2.45) is 5.73 Å². The molecule has 3 N–H and O–H groups in total. The van der Waals surface area contributed by atoms with Gasteiger partial charge in [-0.3, -0.25) is 0 Å². The van der Waals surface area contributed by atoms with Crippen molar-refractivity contribution in [1.29, 1.82) is 0 Å². The molecular formula is C11H14ClNOS. The minimum absolute atomic E-state index is 0.493. The van der Waals surface area contributed by atoms with Gasteiger partial charge in [-0.2, -0.15) is 0 Å². The number of halogens is 1. The molecule has 0 fully saturated rings. The lowest BCUT2D eigenvalue weighted by Gasteiger charge is -2.34. The number of nitrogens with two attached hydrogens (primary N) is 1. The van der Waals surface area contributed by atoms with Gasteiger partial charge in [-0.15, -0.1) is 11.8 Å². The number of aliphatic hydroxyl groups is 1. The molecule has 0 spiro atoms. The number of hydrogen-bond donors (Lipinski definition) is 2. The van der Waals surface area contributed by atoms with Crippen LogP contribution in [0, 0.1) is 0 Å². The monoisotopic (exact) mass is 243 g/mol. The molecule has 2 rings (SSSR count). The van der Waals surface area contributed by atoms with Crippen molar-refractivity contribution in [2.45, 2.75) is 23.3 Å². The zero-order valence-corrected chi connectivity index (χ0v) is 9.94. The predicted molar refractivity (Wildman–Crippen MR) is 64.4 cm³/mol. The lowest BCUT2D eigenvalue weighted by molar-refractivity contribution is 0.0227. The summed E-state index contributed by atoms with van der Waals surface area (Å²) in [6.45, 7) is 0.493. The second-order valence-electron chi connectivity index (χ2n) is 3.81. The third-order valence-electron chi connectivity index (χ3n) is 2.77. The van der Waals surface area contributed by atoms with Gasteiger partial charge in [0, 0.05) is 15.7 Å². The molecular weight excluding hydrogens is 230 g/mol. The van der Waals surface area contributed by atoms with Gasteiger partial charge in [0.15, 0.2) is 0 Å². The first kappa shape index (κ1) is 11.3. The van der Waals surface area contributed by atoms with Crippen LogP contribution in [0.5, 0.6) is 0 Å². The van der Waals surface area contributed by atoms with Gasteiger partial charge in [0.1, 0.15) is 0 Å². The maximum absolute atomic E-state index is 10.5. The summed E-state index contributed by atoms with van der Waals surface area (Å²) < 4.78 is 0. The first-order chi connectivity index (χ1) is 7.15. The highest BCUT2D eigenvalue weighted by Crippen LogP contribution is 2.42. The third-order valence-corrected chi connectivity index (χ3v) is 4.08. The van der Waals surface area contributed by atoms with Gasteiger partial charge in [0.2, 0.25) is 0 Å². The third kappa shape index (κ3) is 2.16. The molecule has 0 saturated carbocycles. The molecule has 0 saturated heterocycles. The second kappa shape index (κ2) is 4.34. The maximum atomic E-state index is 10.5. The van der Waals surface area contributed by atoms with Crippen molar-refractivity contribution in [2.75, 3.05) is 12.3 Å². The molecule has 1 aliphatic rings. The van der Waals surface area contributed by atoms with Gasteiger partial charge in [-0.1, -0.05) is 11.6 Å². The molecule has 4 heteroatoms. The summed E-state index contributed by atoms with van der Waals surface area (Å²) in [6.07, 6.45) is 1.35. The van der Waals surface area contributed by atoms with E-state index in [9.17, 15) is 5.11 Å². The molecule has 1 heterocycles. The molecule has 0 radical (unpaired) electrons. The van der Waals surface area contributed by atoms with E-state index in [-0.39, 0.29) is 0 Å². The summed E-state index contributed by atoms with van der Waals surface area (Å²) >= 11 is 7.72. The van der Waals surface area contributed by atoms with E-state index < -0.39 is 5.60 Å². The molecule has 0 aromatic heterocycles. The van der Waals surface area contributed by atoms with Crippen molar-refractivity contribution in [3.63, 3.8) is 0 Å². The van der Waals surface area contributed by atoms with Crippen LogP contribution in [-0.2, 0) is 5.60 Å². The normalized spacial score (nSPS) is 25.0. The van der Waals surface area contributed by atoms with Crippen LogP contribution in [0.25, 0.3) is 0 Å². The van der Waals surface area contributed by atoms with E-state index >= 15 is 0 Å². The standard InChI is InChI=1S/C11H14ClNOS/c12-8-1-2-10-9(7-8)11(14,3-5-13)4-6-15-10/h1-2,7,14H,3-6,13H2. The fourth-order valence-corrected chi connectivity index (χ4v) is 3.36. The number of benzene rings is 1. The van der Waals surface area contributed by atoms with E-state index in [0.717, 1.165) is 22.6 Å². The predicted octanol–water partition coefficient (Wildman–Crippen LogP) is 2.37. The molecule has 0 amide bonds. The van der Waals surface area contributed by atoms with Gasteiger partial charge >= 0.3 is 0 Å². The van der Waals surface area contributed by atoms with Gasteiger partial charge in [-0.25, -0.2) is 0 Å². The van der Waals surface area contributed by atoms with Crippen LogP contribution in [0.15, 0.2) is 23.1 Å². The molecule has 1 aliphatic heterocycles. The van der Waals surface area contributed by atoms with E-state index in [2.05, 4.69) is 0 Å². The zero-order valence-electron chi connectivity index (χ0n) is 8.37. The molecule has 0 bridgehead atoms. The molecule has 15 heavy (non-hydrogen) atoms. The molecule has 0 aliphatic carbocycles. The van der Waals surface area contributed by atoms with Gasteiger partial charge in [0.25, 0.3) is 0 Å². The van der Waals surface area contributed by atoms with Crippen LogP contribution in [0.4, 0.5) is 0 Å². The Morgan fingerprint density at radius 1 is 1.53 bits per heavy atom. The zero-order chi connectivity index (χ0) is 10.9. The Morgan fingerprint density at radius 2 is 2.33 bits per heavy atom. The average Bonchev–Trinajstić information content (AvgIpc) is 2.20. The van der Waals surface area contributed by atoms with Crippen LogP contribution in [0.1, 0.15) is 18.4 Å². The summed E-state index contributed by atoms with van der Waals surface area (Å²) in [6, 6.07) is 5.70. The Morgan fingerprint density at radius 3 is 3.07 bits per heavy atom. The summed E-state index contributed by atoms with van der Waals surface area (Å²) in [5, 5.41) is 11.2. The first-order valence-corrected chi connectivity index (χ1v) is 6.37. The van der Waals surface area contributed by atoms with Crippen molar-refractivity contribution < 1.29 is 5.11 Å². The van der Waals surface area contributed by atoms with Gasteiger partial charge < -0.3 is 10.8 Å². The van der Waals surface area contributed by atoms with E-state index in [0.29, 0.717) is 18.0 Å². The lowest BCUT2D eigenvalue weighted by Crippen LogP contribution is -2.32. The van der Waals surface area contributed by atoms with Crippen molar-refractivity contribution >= 4 is 23.4 Å². The SMILES string of the molecule is NCCC1(O)CCSc2ccc(Cl)cc21. The lowest BCUT2D eigenvalue weighted by atomic mass is 9.87. The van der Waals surface area contributed by atoms with Crippen LogP contribution in [0.3, 0.4) is 0 Å². The quantitative estimate of drug-likeness (QED) is 0.839. The number of thioether (sulfide) groups is 1. The van der Waals surface area contributed by atoms with Crippen molar-refractivity contribution in [3.05, 3.63) is 28.8 Å². The molecule has 1 aromatic rings. The fourth-order valence-electron chi connectivity index (χ4n) is 1.95. The van der Waals surface area contributed by atoms with Gasteiger partial charge in [0.05, 0.1) is 5.60 Å². The smallest absolute Gasteiger partial charge is 0.0927 e. The Balaban J connectivity index is 2.44. The van der Waals surface area contributed by atoms with E-state index in [4.69, 9.17) is 17.3 Å². The highest BCUT2D eigenvalue weighted by atomic mass is 35.5. The number of fused-ring (bicyclic) bond motifs is 1. The number of hydrogen-bond acceptors (Lipinski definition) is 3. The minimum Gasteiger partial charge on any atom is -0.385 e. The minimum atomic E-state index is -0.778. The highest BCUT2D eigenvalue weighted by Gasteiger charge is 2.33. The molecule has 1 unspecified atom stereocenters. The molecule has 82 valence electrons. The highest BCUT2D eigenvalue weighted by molar-refractivity contribution is 7.99. The van der Waals surface area contributed by atoms with Crippen LogP contribution in [0.2, 0.25) is 5.02 Å². The Labute approximate surface area is 98.8 Å². The summed E-state index contributed by atoms with van der Waals surface area (Å²) in [7, 11) is 0. The fraction of sp³-hybridized carbons (Fsp3) is 0.455. The molecule has 1 aromatic carbocycles. The summed E-state index contributed by atoms with van der Waals surface area (Å²) in [5.74, 6) is 0.936. The summed E-state index contributed by atoms with van der Waals surface area (Å²) in [4.78, 5) is 1.13. The molecule has 2 nitrogen and oxygen atoms in total. The van der Waals surface area contributed by atoms with E-state index in [1.165, 1.54) is 0 Å². The average molecular weight is 244 g/mol. The largest absolute Gasteiger partial charge is 0.385 e.